The Balaban J connectivity index is 1.20. The van der Waals surface area contributed by atoms with Gasteiger partial charge in [-0.1, -0.05) is 54.6 Å². The predicted octanol–water partition coefficient (Wildman–Crippen LogP) is 6.86. The number of hydrogen-bond donors (Lipinski definition) is 2. The Hall–Kier alpha value is -5.03. The van der Waals surface area contributed by atoms with Gasteiger partial charge < -0.3 is 25.0 Å². The van der Waals surface area contributed by atoms with Crippen LogP contribution in [0.5, 0.6) is 0 Å². The van der Waals surface area contributed by atoms with Gasteiger partial charge in [0.15, 0.2) is 0 Å². The maximum absolute atomic E-state index is 14.1. The minimum atomic E-state index is -0.974. The Morgan fingerprint density at radius 1 is 0.857 bits per heavy atom. The molecule has 49 heavy (non-hydrogen) atoms. The summed E-state index contributed by atoms with van der Waals surface area (Å²) >= 11 is 1.26. The maximum atomic E-state index is 14.1. The van der Waals surface area contributed by atoms with Crippen molar-refractivity contribution in [2.45, 2.75) is 25.4 Å². The van der Waals surface area contributed by atoms with E-state index in [2.05, 4.69) is 23.1 Å². The molecular weight excluding hydrogens is 635 g/mol. The summed E-state index contributed by atoms with van der Waals surface area (Å²) in [5.74, 6) is -0.937. The van der Waals surface area contributed by atoms with Crippen molar-refractivity contribution in [3.63, 3.8) is 0 Å². The molecule has 1 amide bonds. The number of benzene rings is 3. The lowest BCUT2D eigenvalue weighted by molar-refractivity contribution is -0.133. The van der Waals surface area contributed by atoms with Crippen molar-refractivity contribution in [1.82, 2.24) is 19.4 Å². The van der Waals surface area contributed by atoms with Crippen molar-refractivity contribution >= 4 is 50.0 Å². The molecule has 5 heterocycles. The lowest BCUT2D eigenvalue weighted by Gasteiger charge is -2.40. The minimum Gasteiger partial charge on any atom is -0.477 e. The summed E-state index contributed by atoms with van der Waals surface area (Å²) in [6.45, 7) is 4.94. The molecular formula is C39H37N5O4S. The number of likely N-dealkylation sites (tertiary alicyclic amines) is 1. The molecule has 0 aliphatic carbocycles. The maximum Gasteiger partial charge on any atom is 0.345 e. The number of thiophene rings is 1. The van der Waals surface area contributed by atoms with Crippen LogP contribution in [0.25, 0.3) is 54.8 Å². The van der Waals surface area contributed by atoms with E-state index in [0.29, 0.717) is 24.8 Å². The monoisotopic (exact) mass is 671 g/mol. The summed E-state index contributed by atoms with van der Waals surface area (Å²) in [6, 6.07) is 30.2. The molecule has 10 heteroatoms. The number of pyridine rings is 1. The van der Waals surface area contributed by atoms with Crippen molar-refractivity contribution in [1.29, 1.82) is 0 Å². The average Bonchev–Trinajstić information content (AvgIpc) is 3.70. The van der Waals surface area contributed by atoms with E-state index in [4.69, 9.17) is 15.5 Å². The van der Waals surface area contributed by atoms with E-state index in [1.54, 1.807) is 6.07 Å². The normalized spacial score (nSPS) is 16.0. The zero-order valence-electron chi connectivity index (χ0n) is 27.0. The fourth-order valence-electron chi connectivity index (χ4n) is 7.36. The molecule has 6 aromatic rings. The third-order valence-corrected chi connectivity index (χ3v) is 11.0. The molecule has 0 unspecified atom stereocenters. The van der Waals surface area contributed by atoms with E-state index in [9.17, 15) is 14.7 Å². The number of anilines is 1. The Bertz CT molecular complexity index is 2180. The van der Waals surface area contributed by atoms with Gasteiger partial charge >= 0.3 is 5.97 Å². The van der Waals surface area contributed by atoms with Crippen LogP contribution >= 0.6 is 11.3 Å². The van der Waals surface area contributed by atoms with E-state index < -0.39 is 5.97 Å². The molecule has 3 N–H and O–H groups in total. The van der Waals surface area contributed by atoms with E-state index in [1.165, 1.54) is 11.3 Å². The molecule has 8 rings (SSSR count). The molecule has 9 nitrogen and oxygen atoms in total. The number of aromatic nitrogens is 2. The largest absolute Gasteiger partial charge is 0.477 e. The molecule has 2 aliphatic heterocycles. The van der Waals surface area contributed by atoms with Crippen LogP contribution in [-0.2, 0) is 16.1 Å². The average molecular weight is 672 g/mol. The second kappa shape index (κ2) is 13.1. The van der Waals surface area contributed by atoms with Crippen LogP contribution in [0.1, 0.15) is 22.5 Å². The first-order chi connectivity index (χ1) is 23.9. The quantitative estimate of drug-likeness (QED) is 0.178. The van der Waals surface area contributed by atoms with E-state index in [0.717, 1.165) is 93.9 Å². The molecule has 3 aromatic carbocycles. The van der Waals surface area contributed by atoms with E-state index in [-0.39, 0.29) is 17.3 Å². The number of nitrogens with two attached hydrogens (primary N) is 1. The number of hydrogen-bond acceptors (Lipinski definition) is 7. The van der Waals surface area contributed by atoms with Gasteiger partial charge in [-0.2, -0.15) is 0 Å². The van der Waals surface area contributed by atoms with Gasteiger partial charge in [0.2, 0.25) is 5.91 Å². The van der Waals surface area contributed by atoms with Crippen molar-refractivity contribution in [3.8, 4) is 33.6 Å². The Morgan fingerprint density at radius 3 is 2.39 bits per heavy atom. The molecule has 3 aromatic heterocycles. The topological polar surface area (TPSA) is 114 Å². The summed E-state index contributed by atoms with van der Waals surface area (Å²) in [4.78, 5) is 36.0. The number of fused-ring (bicyclic) bond motifs is 2. The zero-order valence-corrected chi connectivity index (χ0v) is 27.9. The summed E-state index contributed by atoms with van der Waals surface area (Å²) in [6.07, 6.45) is 1.87. The number of carboxylic acid groups (broad SMARTS) is 1. The van der Waals surface area contributed by atoms with Crippen LogP contribution in [0.15, 0.2) is 91.0 Å². The van der Waals surface area contributed by atoms with Gasteiger partial charge in [0.05, 0.1) is 40.3 Å². The fourth-order valence-corrected chi connectivity index (χ4v) is 8.42. The third kappa shape index (κ3) is 6.07. The first-order valence-corrected chi connectivity index (χ1v) is 17.6. The molecule has 0 saturated carbocycles. The molecule has 248 valence electrons. The number of ether oxygens (including phenoxy) is 1. The Morgan fingerprint density at radius 2 is 1.63 bits per heavy atom. The lowest BCUT2D eigenvalue weighted by atomic mass is 9.99. The van der Waals surface area contributed by atoms with E-state index in [1.807, 2.05) is 76.2 Å². The second-order valence-electron chi connectivity index (χ2n) is 12.8. The molecule has 0 radical (unpaired) electrons. The van der Waals surface area contributed by atoms with Gasteiger partial charge in [-0.05, 0) is 60.4 Å². The number of carbonyl (C=O) groups excluding carboxylic acids is 1. The van der Waals surface area contributed by atoms with Crippen molar-refractivity contribution in [2.75, 3.05) is 45.1 Å². The number of piperidine rings is 1. The van der Waals surface area contributed by atoms with Crippen LogP contribution < -0.4 is 5.73 Å². The van der Waals surface area contributed by atoms with Gasteiger partial charge in [-0.3, -0.25) is 9.69 Å². The molecule has 0 atom stereocenters. The predicted molar refractivity (Wildman–Crippen MR) is 195 cm³/mol. The standard InChI is InChI=1S/C39H37N5O4S/c40-29-8-4-7-26(22-29)31-11-9-27-21-28(10-12-32(27)41-31)37-36(25-5-2-1-3-6-25)38-33(23-34(49-38)39(46)47)44(37)24-35(45)43-15-13-30(14-16-43)42-17-19-48-20-18-42/h1-12,21-23,30H,13-20,24,40H2,(H,46,47). The Kier molecular flexibility index (Phi) is 8.36. The van der Waals surface area contributed by atoms with Crippen LogP contribution in [0.4, 0.5) is 5.69 Å². The van der Waals surface area contributed by atoms with Gasteiger partial charge in [0.1, 0.15) is 11.4 Å². The second-order valence-corrected chi connectivity index (χ2v) is 13.8. The van der Waals surface area contributed by atoms with Gasteiger partial charge in [0.25, 0.3) is 0 Å². The molecule has 2 aliphatic rings. The first kappa shape index (κ1) is 31.3. The molecule has 2 saturated heterocycles. The highest BCUT2D eigenvalue weighted by atomic mass is 32.1. The number of nitrogen functional groups attached to an aromatic ring is 1. The SMILES string of the molecule is Nc1cccc(-c2ccc3cc(-c4c(-c5ccccc5)c5sc(C(=O)O)cc5n4CC(=O)N4CCC(N5CCOCC5)CC4)ccc3n2)c1. The lowest BCUT2D eigenvalue weighted by Crippen LogP contribution is -2.50. The van der Waals surface area contributed by atoms with Crippen LogP contribution in [0, 0.1) is 0 Å². The van der Waals surface area contributed by atoms with Crippen molar-refractivity contribution < 1.29 is 19.4 Å². The number of carboxylic acids is 1. The number of rotatable bonds is 7. The smallest absolute Gasteiger partial charge is 0.345 e. The van der Waals surface area contributed by atoms with Crippen molar-refractivity contribution in [2.24, 2.45) is 0 Å². The fraction of sp³-hybridized carbons (Fsp3) is 0.256. The van der Waals surface area contributed by atoms with Crippen LogP contribution in [-0.4, -0.2) is 81.8 Å². The summed E-state index contributed by atoms with van der Waals surface area (Å²) < 4.78 is 8.44. The minimum absolute atomic E-state index is 0.0375. The summed E-state index contributed by atoms with van der Waals surface area (Å²) in [5, 5.41) is 11.0. The molecule has 0 bridgehead atoms. The highest BCUT2D eigenvalue weighted by Gasteiger charge is 2.30. The summed E-state index contributed by atoms with van der Waals surface area (Å²) in [7, 11) is 0. The van der Waals surface area contributed by atoms with Crippen LogP contribution in [0.2, 0.25) is 0 Å². The number of nitrogens with zero attached hydrogens (tertiary/aromatic N) is 4. The molecule has 2 fully saturated rings. The molecule has 0 spiro atoms. The van der Waals surface area contributed by atoms with Gasteiger partial charge in [-0.25, -0.2) is 9.78 Å². The number of aromatic carboxylic acids is 1. The van der Waals surface area contributed by atoms with E-state index >= 15 is 0 Å². The van der Waals surface area contributed by atoms with Crippen LogP contribution in [0.3, 0.4) is 0 Å². The van der Waals surface area contributed by atoms with Gasteiger partial charge in [0, 0.05) is 54.4 Å². The van der Waals surface area contributed by atoms with Gasteiger partial charge in [-0.15, -0.1) is 11.3 Å². The Labute approximate surface area is 288 Å². The number of carbonyl (C=O) groups is 2. The summed E-state index contributed by atoms with van der Waals surface area (Å²) in [5.41, 5.74) is 13.8. The number of amides is 1. The number of morpholine rings is 1. The highest BCUT2D eigenvalue weighted by molar-refractivity contribution is 7.21. The highest BCUT2D eigenvalue weighted by Crippen LogP contribution is 2.45. The zero-order chi connectivity index (χ0) is 33.5. The first-order valence-electron chi connectivity index (χ1n) is 16.7. The third-order valence-electron chi connectivity index (χ3n) is 9.83. The van der Waals surface area contributed by atoms with Crippen molar-refractivity contribution in [3.05, 3.63) is 95.9 Å².